The first-order chi connectivity index (χ1) is 13.3. The van der Waals surface area contributed by atoms with E-state index in [1.54, 1.807) is 0 Å². The summed E-state index contributed by atoms with van der Waals surface area (Å²) in [6.07, 6.45) is 2.40. The average molecular weight is 381 g/mol. The van der Waals surface area contributed by atoms with Crippen molar-refractivity contribution in [1.29, 1.82) is 0 Å². The summed E-state index contributed by atoms with van der Waals surface area (Å²) in [5.74, 6) is 0.821. The van der Waals surface area contributed by atoms with Crippen molar-refractivity contribution in [2.45, 2.75) is 45.8 Å². The first-order valence-electron chi connectivity index (χ1n) is 10.0. The van der Waals surface area contributed by atoms with Crippen molar-refractivity contribution in [3.05, 3.63) is 65.9 Å². The van der Waals surface area contributed by atoms with Crippen molar-refractivity contribution in [3.63, 3.8) is 0 Å². The van der Waals surface area contributed by atoms with Gasteiger partial charge in [0, 0.05) is 35.7 Å². The highest BCUT2D eigenvalue weighted by molar-refractivity contribution is 5.89. The number of nitrogens with zero attached hydrogens (tertiary/aromatic N) is 1. The van der Waals surface area contributed by atoms with Gasteiger partial charge in [-0.1, -0.05) is 36.4 Å². The van der Waals surface area contributed by atoms with E-state index in [0.29, 0.717) is 6.54 Å². The van der Waals surface area contributed by atoms with E-state index in [2.05, 4.69) is 61.8 Å². The fourth-order valence-electron chi connectivity index (χ4n) is 3.54. The number of benzene rings is 2. The number of aliphatic hydroxyl groups excluding tert-OH is 1. The number of rotatable bonds is 8. The maximum Gasteiger partial charge on any atom is 0.129 e. The maximum absolute atomic E-state index is 10.7. The maximum atomic E-state index is 10.7. The smallest absolute Gasteiger partial charge is 0.129 e. The Balaban J connectivity index is 1.60. The Bertz CT molecular complexity index is 881. The Kier molecular flexibility index (Phi) is 6.42. The lowest BCUT2D eigenvalue weighted by atomic mass is 10.0. The molecular formula is C24H32N2O2. The van der Waals surface area contributed by atoms with Crippen LogP contribution in [-0.2, 0) is 6.42 Å². The van der Waals surface area contributed by atoms with Crippen molar-refractivity contribution in [2.24, 2.45) is 0 Å². The van der Waals surface area contributed by atoms with Crippen LogP contribution in [0.25, 0.3) is 10.9 Å². The summed E-state index contributed by atoms with van der Waals surface area (Å²) in [5, 5.41) is 11.7. The van der Waals surface area contributed by atoms with Gasteiger partial charge in [0.15, 0.2) is 0 Å². The van der Waals surface area contributed by atoms with Crippen LogP contribution in [-0.4, -0.2) is 46.3 Å². The van der Waals surface area contributed by atoms with Gasteiger partial charge in [-0.2, -0.15) is 0 Å². The van der Waals surface area contributed by atoms with Crippen molar-refractivity contribution in [1.82, 2.24) is 9.88 Å². The molecule has 0 amide bonds. The molecule has 0 radical (unpaired) electrons. The van der Waals surface area contributed by atoms with Crippen LogP contribution in [0.3, 0.4) is 0 Å². The lowest BCUT2D eigenvalue weighted by Gasteiger charge is -2.37. The second-order valence-electron chi connectivity index (χ2n) is 8.47. The van der Waals surface area contributed by atoms with Crippen molar-refractivity contribution in [3.8, 4) is 5.75 Å². The first-order valence-corrected chi connectivity index (χ1v) is 10.0. The molecule has 3 aromatic rings. The van der Waals surface area contributed by atoms with E-state index in [1.807, 2.05) is 30.5 Å². The highest BCUT2D eigenvalue weighted by Gasteiger charge is 2.24. The van der Waals surface area contributed by atoms with Crippen LogP contribution < -0.4 is 4.74 Å². The summed E-state index contributed by atoms with van der Waals surface area (Å²) in [6.45, 7) is 10.4. The normalized spacial score (nSPS) is 13.2. The number of hydrogen-bond acceptors (Lipinski definition) is 3. The molecule has 4 nitrogen and oxygen atoms in total. The molecule has 0 fully saturated rings. The number of H-pyrrole nitrogens is 1. The predicted octanol–water partition coefficient (Wildman–Crippen LogP) is 4.56. The SMILES string of the molecule is Cc1c[nH]c2cccc(OCC(O)CN(CCc3ccccc3)C(C)(C)C)c12. The van der Waals surface area contributed by atoms with E-state index >= 15 is 0 Å². The minimum absolute atomic E-state index is 0.0208. The second-order valence-corrected chi connectivity index (χ2v) is 8.47. The van der Waals surface area contributed by atoms with Gasteiger partial charge in [0.1, 0.15) is 18.5 Å². The molecule has 1 atom stereocenters. The molecule has 0 saturated heterocycles. The molecular weight excluding hydrogens is 348 g/mol. The Morgan fingerprint density at radius 1 is 1.07 bits per heavy atom. The molecule has 28 heavy (non-hydrogen) atoms. The number of aliphatic hydroxyl groups is 1. The van der Waals surface area contributed by atoms with Gasteiger partial charge in [-0.25, -0.2) is 0 Å². The zero-order chi connectivity index (χ0) is 20.1. The van der Waals surface area contributed by atoms with Gasteiger partial charge < -0.3 is 14.8 Å². The Labute approximate surface area is 168 Å². The molecule has 0 aliphatic carbocycles. The van der Waals surface area contributed by atoms with E-state index in [0.717, 1.165) is 35.2 Å². The summed E-state index contributed by atoms with van der Waals surface area (Å²) in [7, 11) is 0. The van der Waals surface area contributed by atoms with E-state index in [1.165, 1.54) is 5.56 Å². The highest BCUT2D eigenvalue weighted by atomic mass is 16.5. The fourth-order valence-corrected chi connectivity index (χ4v) is 3.54. The van der Waals surface area contributed by atoms with E-state index < -0.39 is 6.10 Å². The molecule has 0 aliphatic heterocycles. The minimum atomic E-state index is -0.551. The number of nitrogens with one attached hydrogen (secondary N) is 1. The largest absolute Gasteiger partial charge is 0.490 e. The quantitative estimate of drug-likeness (QED) is 0.602. The van der Waals surface area contributed by atoms with E-state index in [4.69, 9.17) is 4.74 Å². The molecule has 4 heteroatoms. The molecule has 3 rings (SSSR count). The van der Waals surface area contributed by atoms with Gasteiger partial charge in [0.2, 0.25) is 0 Å². The van der Waals surface area contributed by atoms with Crippen LogP contribution in [0.4, 0.5) is 0 Å². The highest BCUT2D eigenvalue weighted by Crippen LogP contribution is 2.28. The molecule has 0 spiro atoms. The minimum Gasteiger partial charge on any atom is -0.490 e. The molecule has 0 aliphatic rings. The summed E-state index contributed by atoms with van der Waals surface area (Å²) < 4.78 is 6.00. The first kappa shape index (κ1) is 20.4. The molecule has 0 saturated carbocycles. The molecule has 2 aromatic carbocycles. The molecule has 0 bridgehead atoms. The van der Waals surface area contributed by atoms with E-state index in [9.17, 15) is 5.11 Å². The second kappa shape index (κ2) is 8.80. The van der Waals surface area contributed by atoms with Gasteiger partial charge >= 0.3 is 0 Å². The third-order valence-corrected chi connectivity index (χ3v) is 5.19. The van der Waals surface area contributed by atoms with Crippen LogP contribution in [0.1, 0.15) is 31.9 Å². The standard InChI is InChI=1S/C24H32N2O2/c1-18-15-25-21-11-8-12-22(23(18)21)28-17-20(27)16-26(24(2,3)4)14-13-19-9-6-5-7-10-19/h5-12,15,20,25,27H,13-14,16-17H2,1-4H3. The fraction of sp³-hybridized carbons (Fsp3) is 0.417. The van der Waals surface area contributed by atoms with Gasteiger partial charge in [-0.3, -0.25) is 4.90 Å². The molecule has 150 valence electrons. The Morgan fingerprint density at radius 3 is 2.54 bits per heavy atom. The number of fused-ring (bicyclic) bond motifs is 1. The van der Waals surface area contributed by atoms with Crippen molar-refractivity contribution < 1.29 is 9.84 Å². The topological polar surface area (TPSA) is 48.5 Å². The number of aromatic amines is 1. The zero-order valence-corrected chi connectivity index (χ0v) is 17.4. The van der Waals surface area contributed by atoms with Crippen LogP contribution >= 0.6 is 0 Å². The third-order valence-electron chi connectivity index (χ3n) is 5.19. The number of aromatic nitrogens is 1. The van der Waals surface area contributed by atoms with Crippen LogP contribution in [0, 0.1) is 6.92 Å². The lowest BCUT2D eigenvalue weighted by Crippen LogP contribution is -2.47. The van der Waals surface area contributed by atoms with Gasteiger partial charge in [-0.05, 0) is 57.4 Å². The number of β-amino-alcohol motifs (C(OH)–C–C–N with tert-alkyl or cyclic N) is 1. The number of aryl methyl sites for hydroxylation is 1. The monoisotopic (exact) mass is 380 g/mol. The number of ether oxygens (including phenoxy) is 1. The molecule has 1 heterocycles. The van der Waals surface area contributed by atoms with Crippen LogP contribution in [0.2, 0.25) is 0 Å². The zero-order valence-electron chi connectivity index (χ0n) is 17.4. The van der Waals surface area contributed by atoms with Gasteiger partial charge in [0.25, 0.3) is 0 Å². The summed E-state index contributed by atoms with van der Waals surface area (Å²) >= 11 is 0. The Morgan fingerprint density at radius 2 is 1.82 bits per heavy atom. The van der Waals surface area contributed by atoms with Crippen molar-refractivity contribution in [2.75, 3.05) is 19.7 Å². The van der Waals surface area contributed by atoms with Crippen LogP contribution in [0.15, 0.2) is 54.7 Å². The summed E-state index contributed by atoms with van der Waals surface area (Å²) in [5.41, 5.74) is 3.51. The number of hydrogen-bond donors (Lipinski definition) is 2. The molecule has 1 unspecified atom stereocenters. The predicted molar refractivity (Wildman–Crippen MR) is 116 cm³/mol. The Hall–Kier alpha value is -2.30. The average Bonchev–Trinajstić information content (AvgIpc) is 3.05. The van der Waals surface area contributed by atoms with Gasteiger partial charge in [-0.15, -0.1) is 0 Å². The molecule has 1 aromatic heterocycles. The van der Waals surface area contributed by atoms with Crippen LogP contribution in [0.5, 0.6) is 5.75 Å². The molecule has 2 N–H and O–H groups in total. The van der Waals surface area contributed by atoms with Gasteiger partial charge in [0.05, 0.1) is 0 Å². The lowest BCUT2D eigenvalue weighted by molar-refractivity contribution is 0.0339. The summed E-state index contributed by atoms with van der Waals surface area (Å²) in [6, 6.07) is 16.5. The third kappa shape index (κ3) is 5.15. The van der Waals surface area contributed by atoms with Crippen molar-refractivity contribution >= 4 is 10.9 Å². The summed E-state index contributed by atoms with van der Waals surface area (Å²) in [4.78, 5) is 5.58. The van der Waals surface area contributed by atoms with E-state index in [-0.39, 0.29) is 12.1 Å².